The summed E-state index contributed by atoms with van der Waals surface area (Å²) < 4.78 is 18.9. The molecule has 0 spiro atoms. The number of rotatable bonds is 5. The highest BCUT2D eigenvalue weighted by Gasteiger charge is 2.32. The maximum atomic E-state index is 13.5. The zero-order chi connectivity index (χ0) is 17.4. The van der Waals surface area contributed by atoms with Gasteiger partial charge in [-0.15, -0.1) is 0 Å². The molecule has 0 bridgehead atoms. The van der Waals surface area contributed by atoms with Crippen LogP contribution in [0.5, 0.6) is 0 Å². The van der Waals surface area contributed by atoms with Crippen LogP contribution in [0, 0.1) is 5.82 Å². The highest BCUT2D eigenvalue weighted by Crippen LogP contribution is 2.38. The number of piperazine rings is 1. The van der Waals surface area contributed by atoms with Crippen molar-refractivity contribution in [1.29, 1.82) is 0 Å². The van der Waals surface area contributed by atoms with Gasteiger partial charge in [-0.25, -0.2) is 4.39 Å². The van der Waals surface area contributed by atoms with Crippen molar-refractivity contribution in [3.63, 3.8) is 0 Å². The monoisotopic (exact) mass is 344 g/mol. The summed E-state index contributed by atoms with van der Waals surface area (Å²) in [5, 5.41) is 4.13. The van der Waals surface area contributed by atoms with Crippen LogP contribution in [-0.2, 0) is 0 Å². The molecule has 2 heterocycles. The van der Waals surface area contributed by atoms with Gasteiger partial charge >= 0.3 is 0 Å². The summed E-state index contributed by atoms with van der Waals surface area (Å²) in [6.07, 6.45) is 2.37. The highest BCUT2D eigenvalue weighted by atomic mass is 19.1. The first kappa shape index (κ1) is 16.7. The molecular formula is C19H25FN4O. The number of aromatic nitrogens is 2. The average molecular weight is 344 g/mol. The Bertz CT molecular complexity index is 722. The van der Waals surface area contributed by atoms with Crippen LogP contribution in [0.25, 0.3) is 0 Å². The molecular weight excluding hydrogens is 319 g/mol. The second kappa shape index (κ2) is 6.84. The molecule has 1 saturated heterocycles. The topological polar surface area (TPSA) is 45.4 Å². The number of nitrogens with zero attached hydrogens (tertiary/aromatic N) is 4. The smallest absolute Gasteiger partial charge is 0.243 e. The summed E-state index contributed by atoms with van der Waals surface area (Å²) in [5.74, 6) is 1.96. The summed E-state index contributed by atoms with van der Waals surface area (Å²) in [6, 6.07) is 7.28. The minimum absolute atomic E-state index is 0.145. The van der Waals surface area contributed by atoms with E-state index in [-0.39, 0.29) is 17.9 Å². The highest BCUT2D eigenvalue weighted by molar-refractivity contribution is 5.19. The Labute approximate surface area is 147 Å². The first-order valence-corrected chi connectivity index (χ1v) is 9.19. The molecule has 0 radical (unpaired) electrons. The molecule has 2 fully saturated rings. The van der Waals surface area contributed by atoms with Gasteiger partial charge in [-0.1, -0.05) is 17.3 Å². The summed E-state index contributed by atoms with van der Waals surface area (Å²) in [7, 11) is 0. The summed E-state index contributed by atoms with van der Waals surface area (Å²) >= 11 is 0. The average Bonchev–Trinajstić information content (AvgIpc) is 3.37. The largest absolute Gasteiger partial charge is 0.338 e. The zero-order valence-corrected chi connectivity index (χ0v) is 14.9. The van der Waals surface area contributed by atoms with Gasteiger partial charge in [0.2, 0.25) is 5.89 Å². The van der Waals surface area contributed by atoms with Gasteiger partial charge in [0, 0.05) is 38.1 Å². The molecule has 1 aliphatic carbocycles. The van der Waals surface area contributed by atoms with Gasteiger partial charge < -0.3 is 4.52 Å². The predicted octanol–water partition coefficient (Wildman–Crippen LogP) is 3.53. The van der Waals surface area contributed by atoms with E-state index >= 15 is 0 Å². The van der Waals surface area contributed by atoms with Crippen LogP contribution >= 0.6 is 0 Å². The maximum absolute atomic E-state index is 13.5. The van der Waals surface area contributed by atoms with Crippen molar-refractivity contribution < 1.29 is 8.91 Å². The van der Waals surface area contributed by atoms with Crippen molar-refractivity contribution in [3.05, 3.63) is 47.4 Å². The first-order valence-electron chi connectivity index (χ1n) is 9.19. The minimum Gasteiger partial charge on any atom is -0.338 e. The summed E-state index contributed by atoms with van der Waals surface area (Å²) in [5.41, 5.74) is 1.03. The lowest BCUT2D eigenvalue weighted by atomic mass is 10.1. The fraction of sp³-hybridized carbons (Fsp3) is 0.579. The molecule has 2 aromatic rings. The Hall–Kier alpha value is -1.79. The predicted molar refractivity (Wildman–Crippen MR) is 92.6 cm³/mol. The fourth-order valence-electron chi connectivity index (χ4n) is 3.57. The Balaban J connectivity index is 1.35. The number of hydrogen-bond acceptors (Lipinski definition) is 5. The summed E-state index contributed by atoms with van der Waals surface area (Å²) in [6.45, 7) is 8.07. The molecule has 6 heteroatoms. The Morgan fingerprint density at radius 3 is 2.40 bits per heavy atom. The molecule has 134 valence electrons. The Morgan fingerprint density at radius 2 is 1.76 bits per heavy atom. The van der Waals surface area contributed by atoms with E-state index in [2.05, 4.69) is 33.8 Å². The normalized spacial score (nSPS) is 22.0. The molecule has 25 heavy (non-hydrogen) atoms. The molecule has 5 nitrogen and oxygen atoms in total. The van der Waals surface area contributed by atoms with E-state index in [9.17, 15) is 4.39 Å². The van der Waals surface area contributed by atoms with Gasteiger partial charge in [0.05, 0.1) is 6.04 Å². The van der Waals surface area contributed by atoms with Gasteiger partial charge in [-0.3, -0.25) is 9.80 Å². The molecule has 2 aliphatic rings. The van der Waals surface area contributed by atoms with Crippen molar-refractivity contribution in [2.75, 3.05) is 26.2 Å². The lowest BCUT2D eigenvalue weighted by Crippen LogP contribution is -2.47. The van der Waals surface area contributed by atoms with Crippen LogP contribution in [0.1, 0.15) is 62.0 Å². The van der Waals surface area contributed by atoms with Crippen molar-refractivity contribution in [1.82, 2.24) is 19.9 Å². The van der Waals surface area contributed by atoms with E-state index in [0.717, 1.165) is 43.5 Å². The van der Waals surface area contributed by atoms with E-state index in [1.165, 1.54) is 18.9 Å². The molecule has 4 rings (SSSR count). The maximum Gasteiger partial charge on any atom is 0.243 e. The Kier molecular flexibility index (Phi) is 4.56. The van der Waals surface area contributed by atoms with Crippen LogP contribution in [0.3, 0.4) is 0 Å². The van der Waals surface area contributed by atoms with Crippen molar-refractivity contribution in [2.45, 2.75) is 44.7 Å². The molecule has 0 amide bonds. The van der Waals surface area contributed by atoms with E-state index in [0.29, 0.717) is 5.92 Å². The zero-order valence-electron chi connectivity index (χ0n) is 14.9. The molecule has 0 N–H and O–H groups in total. The van der Waals surface area contributed by atoms with Gasteiger partial charge in [0.1, 0.15) is 5.82 Å². The Morgan fingerprint density at radius 1 is 1.08 bits per heavy atom. The van der Waals surface area contributed by atoms with Gasteiger partial charge in [-0.05, 0) is 44.4 Å². The molecule has 0 unspecified atom stereocenters. The van der Waals surface area contributed by atoms with Crippen LogP contribution < -0.4 is 0 Å². The third-order valence-corrected chi connectivity index (χ3v) is 5.53. The lowest BCUT2D eigenvalue weighted by Gasteiger charge is -2.39. The SMILES string of the molecule is C[C@H](c1cccc(F)c1)N1CCN([C@@H](C)c2nc(C3CC3)no2)CC1. The minimum atomic E-state index is -0.167. The number of halogens is 1. The molecule has 1 aromatic carbocycles. The first-order chi connectivity index (χ1) is 12.1. The summed E-state index contributed by atoms with van der Waals surface area (Å²) in [4.78, 5) is 9.38. The van der Waals surface area contributed by atoms with Crippen LogP contribution in [0.2, 0.25) is 0 Å². The number of hydrogen-bond donors (Lipinski definition) is 0. The van der Waals surface area contributed by atoms with Crippen LogP contribution in [0.4, 0.5) is 4.39 Å². The van der Waals surface area contributed by atoms with E-state index < -0.39 is 0 Å². The molecule has 1 saturated carbocycles. The molecule has 1 aromatic heterocycles. The molecule has 1 aliphatic heterocycles. The van der Waals surface area contributed by atoms with Crippen LogP contribution in [-0.4, -0.2) is 46.1 Å². The van der Waals surface area contributed by atoms with Crippen molar-refractivity contribution in [3.8, 4) is 0 Å². The number of benzene rings is 1. The van der Waals surface area contributed by atoms with E-state index in [1.54, 1.807) is 12.1 Å². The lowest BCUT2D eigenvalue weighted by molar-refractivity contribution is 0.0677. The van der Waals surface area contributed by atoms with Gasteiger partial charge in [0.25, 0.3) is 0 Å². The van der Waals surface area contributed by atoms with Crippen LogP contribution in [0.15, 0.2) is 28.8 Å². The van der Waals surface area contributed by atoms with Crippen molar-refractivity contribution >= 4 is 0 Å². The van der Waals surface area contributed by atoms with E-state index in [4.69, 9.17) is 4.52 Å². The second-order valence-corrected chi connectivity index (χ2v) is 7.24. The van der Waals surface area contributed by atoms with Crippen molar-refractivity contribution in [2.24, 2.45) is 0 Å². The molecule has 2 atom stereocenters. The van der Waals surface area contributed by atoms with Gasteiger partial charge in [-0.2, -0.15) is 4.98 Å². The fourth-order valence-corrected chi connectivity index (χ4v) is 3.57. The third kappa shape index (κ3) is 3.60. The standard InChI is InChI=1S/C19H25FN4O/c1-13(16-4-3-5-17(20)12-16)23-8-10-24(11-9-23)14(2)19-21-18(22-25-19)15-6-7-15/h3-5,12-15H,6-11H2,1-2H3/t13-,14+/m1/s1. The van der Waals surface area contributed by atoms with Gasteiger partial charge in [0.15, 0.2) is 5.82 Å². The van der Waals surface area contributed by atoms with E-state index in [1.807, 2.05) is 6.07 Å². The quantitative estimate of drug-likeness (QED) is 0.830. The second-order valence-electron chi connectivity index (χ2n) is 7.24. The third-order valence-electron chi connectivity index (χ3n) is 5.53.